The number of carbonyl (C=O) groups is 2. The van der Waals surface area contributed by atoms with E-state index in [0.717, 1.165) is 39.3 Å². The number of carbonyl (C=O) groups excluding carboxylic acids is 2. The summed E-state index contributed by atoms with van der Waals surface area (Å²) in [6, 6.07) is 3.66. The minimum absolute atomic E-state index is 0.0864. The van der Waals surface area contributed by atoms with Crippen LogP contribution in [-0.2, 0) is 9.47 Å². The molecule has 0 unspecified atom stereocenters. The van der Waals surface area contributed by atoms with Gasteiger partial charge in [0.05, 0.1) is 24.7 Å². The first-order valence-corrected chi connectivity index (χ1v) is 10.7. The zero-order chi connectivity index (χ0) is 19.1. The van der Waals surface area contributed by atoms with E-state index < -0.39 is 5.97 Å². The standard InChI is InChI=1S/C18H23N3O4S2/c1-2-25-17(23)14-13-27-18(19-14)21(16(22)15-5-3-12-26-15)7-4-6-20-8-10-24-11-9-20/h3,5,12-13H,2,4,6-11H2,1H3. The molecule has 9 heteroatoms. The van der Waals surface area contributed by atoms with Crippen LogP contribution in [0.2, 0.25) is 0 Å². The van der Waals surface area contributed by atoms with E-state index in [-0.39, 0.29) is 11.6 Å². The summed E-state index contributed by atoms with van der Waals surface area (Å²) in [7, 11) is 0. The summed E-state index contributed by atoms with van der Waals surface area (Å²) >= 11 is 2.69. The van der Waals surface area contributed by atoms with E-state index in [2.05, 4.69) is 9.88 Å². The number of anilines is 1. The Bertz CT molecular complexity index is 742. The molecule has 1 aliphatic rings. The first-order chi connectivity index (χ1) is 13.2. The highest BCUT2D eigenvalue weighted by Crippen LogP contribution is 2.24. The van der Waals surface area contributed by atoms with Crippen molar-refractivity contribution in [1.29, 1.82) is 0 Å². The molecule has 0 saturated carbocycles. The van der Waals surface area contributed by atoms with Crippen LogP contribution in [0.4, 0.5) is 5.13 Å². The summed E-state index contributed by atoms with van der Waals surface area (Å²) in [6.45, 7) is 6.84. The fraction of sp³-hybridized carbons (Fsp3) is 0.500. The van der Waals surface area contributed by atoms with Gasteiger partial charge >= 0.3 is 5.97 Å². The van der Waals surface area contributed by atoms with E-state index in [4.69, 9.17) is 9.47 Å². The number of hydrogen-bond donors (Lipinski definition) is 0. The lowest BCUT2D eigenvalue weighted by Gasteiger charge is -2.27. The fourth-order valence-corrected chi connectivity index (χ4v) is 4.27. The van der Waals surface area contributed by atoms with E-state index >= 15 is 0 Å². The van der Waals surface area contributed by atoms with Crippen LogP contribution in [0.3, 0.4) is 0 Å². The number of aromatic nitrogens is 1. The Morgan fingerprint density at radius 1 is 1.33 bits per heavy atom. The molecule has 0 radical (unpaired) electrons. The van der Waals surface area contributed by atoms with E-state index in [1.165, 1.54) is 22.7 Å². The van der Waals surface area contributed by atoms with Crippen molar-refractivity contribution in [1.82, 2.24) is 9.88 Å². The van der Waals surface area contributed by atoms with Gasteiger partial charge in [-0.3, -0.25) is 14.6 Å². The van der Waals surface area contributed by atoms with Gasteiger partial charge in [-0.1, -0.05) is 6.07 Å². The van der Waals surface area contributed by atoms with Crippen LogP contribution in [0, 0.1) is 0 Å². The topological polar surface area (TPSA) is 72.0 Å². The number of thiazole rings is 1. The third kappa shape index (κ3) is 5.35. The lowest BCUT2D eigenvalue weighted by atomic mass is 10.3. The second kappa shape index (κ2) is 9.93. The monoisotopic (exact) mass is 409 g/mol. The van der Waals surface area contributed by atoms with Gasteiger partial charge in [-0.15, -0.1) is 22.7 Å². The number of morpholine rings is 1. The lowest BCUT2D eigenvalue weighted by molar-refractivity contribution is 0.0376. The van der Waals surface area contributed by atoms with Crippen molar-refractivity contribution >= 4 is 39.7 Å². The molecule has 0 bridgehead atoms. The molecule has 2 aromatic rings. The first-order valence-electron chi connectivity index (χ1n) is 8.97. The molecule has 1 aliphatic heterocycles. The zero-order valence-electron chi connectivity index (χ0n) is 15.3. The minimum atomic E-state index is -0.461. The van der Waals surface area contributed by atoms with Gasteiger partial charge in [-0.05, 0) is 24.8 Å². The lowest BCUT2D eigenvalue weighted by Crippen LogP contribution is -2.39. The molecule has 1 saturated heterocycles. The molecule has 27 heavy (non-hydrogen) atoms. The smallest absolute Gasteiger partial charge is 0.357 e. The molecule has 0 aromatic carbocycles. The second-order valence-electron chi connectivity index (χ2n) is 5.98. The van der Waals surface area contributed by atoms with Gasteiger partial charge in [0.2, 0.25) is 0 Å². The van der Waals surface area contributed by atoms with E-state index in [0.29, 0.717) is 23.2 Å². The van der Waals surface area contributed by atoms with Crippen molar-refractivity contribution in [2.24, 2.45) is 0 Å². The molecule has 1 amide bonds. The van der Waals surface area contributed by atoms with E-state index in [1.54, 1.807) is 17.2 Å². The van der Waals surface area contributed by atoms with Crippen LogP contribution in [0.15, 0.2) is 22.9 Å². The first kappa shape index (κ1) is 19.9. The SMILES string of the molecule is CCOC(=O)c1csc(N(CCCN2CCOCC2)C(=O)c2cccs2)n1. The predicted octanol–water partition coefficient (Wildman–Crippen LogP) is 2.75. The molecule has 146 valence electrons. The van der Waals surface area contributed by atoms with Crippen molar-refractivity contribution < 1.29 is 19.1 Å². The maximum Gasteiger partial charge on any atom is 0.357 e. The Morgan fingerprint density at radius 3 is 2.85 bits per heavy atom. The third-order valence-corrected chi connectivity index (χ3v) is 5.87. The minimum Gasteiger partial charge on any atom is -0.461 e. The van der Waals surface area contributed by atoms with Gasteiger partial charge in [0, 0.05) is 31.6 Å². The molecular formula is C18H23N3O4S2. The summed E-state index contributed by atoms with van der Waals surface area (Å²) < 4.78 is 10.4. The maximum absolute atomic E-state index is 12.9. The van der Waals surface area contributed by atoms with Crippen molar-refractivity contribution in [2.75, 3.05) is 50.9 Å². The number of esters is 1. The number of nitrogens with zero attached hydrogens (tertiary/aromatic N) is 3. The molecule has 0 aliphatic carbocycles. The largest absolute Gasteiger partial charge is 0.461 e. The Morgan fingerprint density at radius 2 is 2.15 bits per heavy atom. The van der Waals surface area contributed by atoms with Crippen molar-refractivity contribution in [2.45, 2.75) is 13.3 Å². The zero-order valence-corrected chi connectivity index (χ0v) is 16.9. The molecule has 3 rings (SSSR count). The highest BCUT2D eigenvalue weighted by atomic mass is 32.1. The van der Waals surface area contributed by atoms with Crippen LogP contribution in [0.1, 0.15) is 33.5 Å². The van der Waals surface area contributed by atoms with Gasteiger partial charge in [0.25, 0.3) is 5.91 Å². The highest BCUT2D eigenvalue weighted by molar-refractivity contribution is 7.14. The predicted molar refractivity (Wildman–Crippen MR) is 106 cm³/mol. The Hall–Kier alpha value is -1.81. The van der Waals surface area contributed by atoms with Crippen LogP contribution < -0.4 is 4.90 Å². The van der Waals surface area contributed by atoms with Crippen LogP contribution in [-0.4, -0.2) is 67.8 Å². The van der Waals surface area contributed by atoms with Gasteiger partial charge < -0.3 is 9.47 Å². The Kier molecular flexibility index (Phi) is 7.33. The van der Waals surface area contributed by atoms with Crippen molar-refractivity contribution in [3.05, 3.63) is 33.5 Å². The van der Waals surface area contributed by atoms with Crippen LogP contribution in [0.5, 0.6) is 0 Å². The molecule has 3 heterocycles. The fourth-order valence-electron chi connectivity index (χ4n) is 2.78. The van der Waals surface area contributed by atoms with Gasteiger partial charge in [-0.25, -0.2) is 9.78 Å². The van der Waals surface area contributed by atoms with E-state index in [9.17, 15) is 9.59 Å². The molecule has 2 aromatic heterocycles. The van der Waals surface area contributed by atoms with Gasteiger partial charge in [0.15, 0.2) is 10.8 Å². The average molecular weight is 410 g/mol. The molecule has 0 N–H and O–H groups in total. The summed E-state index contributed by atoms with van der Waals surface area (Å²) in [5, 5.41) is 4.05. The number of hydrogen-bond acceptors (Lipinski definition) is 8. The Labute approximate surface area is 166 Å². The molecular weight excluding hydrogens is 386 g/mol. The average Bonchev–Trinajstić information content (AvgIpc) is 3.38. The second-order valence-corrected chi connectivity index (χ2v) is 7.76. The van der Waals surface area contributed by atoms with E-state index in [1.807, 2.05) is 17.5 Å². The molecule has 7 nitrogen and oxygen atoms in total. The summed E-state index contributed by atoms with van der Waals surface area (Å²) in [4.78, 5) is 33.9. The van der Waals surface area contributed by atoms with Crippen molar-refractivity contribution in [3.63, 3.8) is 0 Å². The van der Waals surface area contributed by atoms with Gasteiger partial charge in [0.1, 0.15) is 0 Å². The number of ether oxygens (including phenoxy) is 2. The molecule has 0 spiro atoms. The normalized spacial score (nSPS) is 14.9. The summed E-state index contributed by atoms with van der Waals surface area (Å²) in [5.41, 5.74) is 0.244. The molecule has 0 atom stereocenters. The quantitative estimate of drug-likeness (QED) is 0.625. The molecule has 1 fully saturated rings. The van der Waals surface area contributed by atoms with Crippen LogP contribution >= 0.6 is 22.7 Å². The Balaban J connectivity index is 1.69. The number of rotatable bonds is 8. The van der Waals surface area contributed by atoms with Gasteiger partial charge in [-0.2, -0.15) is 0 Å². The maximum atomic E-state index is 12.9. The van der Waals surface area contributed by atoms with Crippen molar-refractivity contribution in [3.8, 4) is 0 Å². The number of amides is 1. The third-order valence-electron chi connectivity index (χ3n) is 4.14. The highest BCUT2D eigenvalue weighted by Gasteiger charge is 2.23. The number of thiophene rings is 1. The van der Waals surface area contributed by atoms with Crippen LogP contribution in [0.25, 0.3) is 0 Å². The summed E-state index contributed by atoms with van der Waals surface area (Å²) in [6.07, 6.45) is 0.825. The summed E-state index contributed by atoms with van der Waals surface area (Å²) in [5.74, 6) is -0.548.